The number of aromatic nitrogens is 1. The van der Waals surface area contributed by atoms with Gasteiger partial charge in [0, 0.05) is 18.3 Å². The van der Waals surface area contributed by atoms with Gasteiger partial charge in [0.15, 0.2) is 0 Å². The summed E-state index contributed by atoms with van der Waals surface area (Å²) in [5.74, 6) is 1.00. The molecule has 1 aromatic carbocycles. The molecule has 0 aliphatic carbocycles. The number of nitro groups is 1. The van der Waals surface area contributed by atoms with E-state index >= 15 is 0 Å². The quantitative estimate of drug-likeness (QED) is 0.544. The third kappa shape index (κ3) is 3.80. The maximum absolute atomic E-state index is 10.7. The van der Waals surface area contributed by atoms with E-state index < -0.39 is 4.92 Å². The van der Waals surface area contributed by atoms with Crippen LogP contribution in [0, 0.1) is 10.1 Å². The molecule has 2 aromatic rings. The first-order valence-electron chi connectivity index (χ1n) is 6.21. The van der Waals surface area contributed by atoms with Crippen LogP contribution in [-0.2, 0) is 0 Å². The minimum Gasteiger partial charge on any atom is -0.492 e. The molecule has 0 aliphatic rings. The van der Waals surface area contributed by atoms with E-state index in [9.17, 15) is 10.1 Å². The van der Waals surface area contributed by atoms with E-state index in [4.69, 9.17) is 16.2 Å². The predicted octanol–water partition coefficient (Wildman–Crippen LogP) is 1.65. The third-order valence-corrected chi connectivity index (χ3v) is 2.61. The molecule has 0 bridgehead atoms. The maximum Gasteiger partial charge on any atom is 0.311 e. The Morgan fingerprint density at radius 1 is 1.24 bits per heavy atom. The Balaban J connectivity index is 2.07. The lowest BCUT2D eigenvalue weighted by atomic mass is 10.3. The fourth-order valence-corrected chi connectivity index (χ4v) is 1.65. The van der Waals surface area contributed by atoms with Crippen molar-refractivity contribution in [2.45, 2.75) is 0 Å². The SMILES string of the molecule is NCCOc1ccc(Nc2ccc([N+](=O)[O-])c(N)n2)cc1. The van der Waals surface area contributed by atoms with E-state index in [-0.39, 0.29) is 11.5 Å². The number of hydrogen-bond donors (Lipinski definition) is 3. The second-order valence-electron chi connectivity index (χ2n) is 4.14. The van der Waals surface area contributed by atoms with Crippen molar-refractivity contribution >= 4 is 23.0 Å². The number of ether oxygens (including phenoxy) is 1. The van der Waals surface area contributed by atoms with Crippen LogP contribution >= 0.6 is 0 Å². The van der Waals surface area contributed by atoms with Crippen LogP contribution in [0.15, 0.2) is 36.4 Å². The summed E-state index contributed by atoms with van der Waals surface area (Å²) in [7, 11) is 0. The summed E-state index contributed by atoms with van der Waals surface area (Å²) in [5, 5.41) is 13.7. The first kappa shape index (κ1) is 14.5. The number of hydrogen-bond acceptors (Lipinski definition) is 7. The molecular formula is C13H15N5O3. The lowest BCUT2D eigenvalue weighted by molar-refractivity contribution is -0.384. The molecule has 5 N–H and O–H groups in total. The highest BCUT2D eigenvalue weighted by molar-refractivity contribution is 5.62. The zero-order chi connectivity index (χ0) is 15.2. The Morgan fingerprint density at radius 2 is 1.95 bits per heavy atom. The highest BCUT2D eigenvalue weighted by atomic mass is 16.6. The van der Waals surface area contributed by atoms with Crippen molar-refractivity contribution in [1.82, 2.24) is 4.98 Å². The van der Waals surface area contributed by atoms with Gasteiger partial charge < -0.3 is 21.5 Å². The van der Waals surface area contributed by atoms with Crippen molar-refractivity contribution < 1.29 is 9.66 Å². The average Bonchev–Trinajstić information content (AvgIpc) is 2.46. The van der Waals surface area contributed by atoms with E-state index in [0.717, 1.165) is 5.69 Å². The Hall–Kier alpha value is -2.87. The van der Waals surface area contributed by atoms with Gasteiger partial charge in [0.25, 0.3) is 0 Å². The number of nitrogens with two attached hydrogens (primary N) is 2. The third-order valence-electron chi connectivity index (χ3n) is 2.61. The van der Waals surface area contributed by atoms with Gasteiger partial charge in [-0.1, -0.05) is 0 Å². The lowest BCUT2D eigenvalue weighted by Crippen LogP contribution is -2.10. The van der Waals surface area contributed by atoms with Gasteiger partial charge in [-0.05, 0) is 30.3 Å². The molecule has 0 fully saturated rings. The number of nitrogens with zero attached hydrogens (tertiary/aromatic N) is 2. The monoisotopic (exact) mass is 289 g/mol. The molecule has 110 valence electrons. The molecule has 0 aliphatic heterocycles. The normalized spacial score (nSPS) is 10.1. The standard InChI is InChI=1S/C13H15N5O3/c14-7-8-21-10-3-1-9(2-4-10)16-12-6-5-11(18(19)20)13(15)17-12/h1-6H,7-8,14H2,(H3,15,16,17). The molecule has 0 unspecified atom stereocenters. The first-order valence-corrected chi connectivity index (χ1v) is 6.21. The van der Waals surface area contributed by atoms with E-state index in [2.05, 4.69) is 10.3 Å². The Bertz CT molecular complexity index is 630. The van der Waals surface area contributed by atoms with Gasteiger partial charge in [-0.2, -0.15) is 0 Å². The van der Waals surface area contributed by atoms with Crippen molar-refractivity contribution in [3.8, 4) is 5.75 Å². The fraction of sp³-hybridized carbons (Fsp3) is 0.154. The van der Waals surface area contributed by atoms with E-state index in [1.54, 1.807) is 24.3 Å². The summed E-state index contributed by atoms with van der Waals surface area (Å²) < 4.78 is 5.36. The molecule has 1 aromatic heterocycles. The topological polar surface area (TPSA) is 129 Å². The van der Waals surface area contributed by atoms with E-state index in [0.29, 0.717) is 24.7 Å². The van der Waals surface area contributed by atoms with Crippen LogP contribution < -0.4 is 21.5 Å². The average molecular weight is 289 g/mol. The van der Waals surface area contributed by atoms with Gasteiger partial charge in [-0.3, -0.25) is 10.1 Å². The van der Waals surface area contributed by atoms with Crippen LogP contribution in [0.4, 0.5) is 23.0 Å². The van der Waals surface area contributed by atoms with Crippen LogP contribution in [0.25, 0.3) is 0 Å². The van der Waals surface area contributed by atoms with Crippen molar-refractivity contribution in [1.29, 1.82) is 0 Å². The zero-order valence-electron chi connectivity index (χ0n) is 11.2. The Morgan fingerprint density at radius 3 is 2.52 bits per heavy atom. The molecule has 2 rings (SSSR count). The predicted molar refractivity (Wildman–Crippen MR) is 79.6 cm³/mol. The summed E-state index contributed by atoms with van der Waals surface area (Å²) in [5.41, 5.74) is 11.4. The first-order chi connectivity index (χ1) is 10.1. The van der Waals surface area contributed by atoms with Gasteiger partial charge >= 0.3 is 5.69 Å². The van der Waals surface area contributed by atoms with Crippen LogP contribution in [0.5, 0.6) is 5.75 Å². The highest BCUT2D eigenvalue weighted by Gasteiger charge is 2.12. The zero-order valence-corrected chi connectivity index (χ0v) is 11.2. The number of anilines is 3. The molecule has 0 saturated heterocycles. The number of rotatable bonds is 6. The van der Waals surface area contributed by atoms with Gasteiger partial charge in [0.2, 0.25) is 5.82 Å². The number of nitrogens with one attached hydrogen (secondary N) is 1. The summed E-state index contributed by atoms with van der Waals surface area (Å²) in [6.07, 6.45) is 0. The Kier molecular flexibility index (Phi) is 4.52. The van der Waals surface area contributed by atoms with Crippen molar-refractivity contribution in [3.63, 3.8) is 0 Å². The summed E-state index contributed by atoms with van der Waals surface area (Å²) in [6, 6.07) is 9.96. The second-order valence-corrected chi connectivity index (χ2v) is 4.14. The van der Waals surface area contributed by atoms with Crippen LogP contribution in [0.1, 0.15) is 0 Å². The minimum atomic E-state index is -0.574. The van der Waals surface area contributed by atoms with Crippen LogP contribution in [-0.4, -0.2) is 23.1 Å². The van der Waals surface area contributed by atoms with Gasteiger partial charge in [0.1, 0.15) is 18.2 Å². The molecule has 0 spiro atoms. The largest absolute Gasteiger partial charge is 0.492 e. The fourth-order valence-electron chi connectivity index (χ4n) is 1.65. The Labute approximate surface area is 120 Å². The van der Waals surface area contributed by atoms with Gasteiger partial charge in [0.05, 0.1) is 4.92 Å². The smallest absolute Gasteiger partial charge is 0.311 e. The number of benzene rings is 1. The summed E-state index contributed by atoms with van der Waals surface area (Å²) in [4.78, 5) is 14.0. The molecule has 8 heteroatoms. The van der Waals surface area contributed by atoms with E-state index in [1.165, 1.54) is 12.1 Å². The molecule has 21 heavy (non-hydrogen) atoms. The molecule has 1 heterocycles. The van der Waals surface area contributed by atoms with Crippen molar-refractivity contribution in [3.05, 3.63) is 46.5 Å². The van der Waals surface area contributed by atoms with Crippen molar-refractivity contribution in [2.24, 2.45) is 5.73 Å². The van der Waals surface area contributed by atoms with E-state index in [1.807, 2.05) is 0 Å². The number of nitrogen functional groups attached to an aromatic ring is 1. The van der Waals surface area contributed by atoms with Crippen LogP contribution in [0.2, 0.25) is 0 Å². The van der Waals surface area contributed by atoms with Crippen molar-refractivity contribution in [2.75, 3.05) is 24.2 Å². The van der Waals surface area contributed by atoms with Gasteiger partial charge in [-0.15, -0.1) is 0 Å². The minimum absolute atomic E-state index is 0.132. The molecule has 0 saturated carbocycles. The van der Waals surface area contributed by atoms with Gasteiger partial charge in [-0.25, -0.2) is 4.98 Å². The lowest BCUT2D eigenvalue weighted by Gasteiger charge is -2.08. The molecule has 8 nitrogen and oxygen atoms in total. The number of pyridine rings is 1. The maximum atomic E-state index is 10.7. The second kappa shape index (κ2) is 6.53. The highest BCUT2D eigenvalue weighted by Crippen LogP contribution is 2.24. The molecule has 0 atom stereocenters. The molecular weight excluding hydrogens is 274 g/mol. The molecule has 0 amide bonds. The molecule has 0 radical (unpaired) electrons. The summed E-state index contributed by atoms with van der Waals surface area (Å²) >= 11 is 0. The summed E-state index contributed by atoms with van der Waals surface area (Å²) in [6.45, 7) is 0.902. The van der Waals surface area contributed by atoms with Crippen LogP contribution in [0.3, 0.4) is 0 Å².